The van der Waals surface area contributed by atoms with Crippen LogP contribution in [0.1, 0.15) is 26.3 Å². The van der Waals surface area contributed by atoms with Gasteiger partial charge < -0.3 is 14.5 Å². The number of carbonyl (C=O) groups is 1. The van der Waals surface area contributed by atoms with Crippen molar-refractivity contribution in [3.8, 4) is 6.07 Å². The van der Waals surface area contributed by atoms with Crippen LogP contribution in [-0.2, 0) is 4.74 Å². The summed E-state index contributed by atoms with van der Waals surface area (Å²) in [5, 5.41) is 8.76. The second kappa shape index (κ2) is 6.22. The van der Waals surface area contributed by atoms with Crippen LogP contribution in [0, 0.1) is 17.1 Å². The molecule has 1 saturated heterocycles. The molecule has 0 unspecified atom stereocenters. The summed E-state index contributed by atoms with van der Waals surface area (Å²) in [6.07, 6.45) is -0.340. The zero-order valence-corrected chi connectivity index (χ0v) is 13.1. The second-order valence-electron chi connectivity index (χ2n) is 6.23. The smallest absolute Gasteiger partial charge is 0.410 e. The summed E-state index contributed by atoms with van der Waals surface area (Å²) in [5.74, 6) is -0.412. The van der Waals surface area contributed by atoms with Gasteiger partial charge in [0.05, 0.1) is 17.3 Å². The highest BCUT2D eigenvalue weighted by molar-refractivity contribution is 5.68. The van der Waals surface area contributed by atoms with E-state index in [9.17, 15) is 9.18 Å². The number of benzene rings is 1. The van der Waals surface area contributed by atoms with Crippen LogP contribution in [-0.4, -0.2) is 42.8 Å². The maximum Gasteiger partial charge on any atom is 0.410 e. The Balaban J connectivity index is 1.98. The van der Waals surface area contributed by atoms with Crippen molar-refractivity contribution in [1.29, 1.82) is 5.26 Å². The fourth-order valence-electron chi connectivity index (χ4n) is 2.29. The molecule has 1 aliphatic heterocycles. The molecule has 1 fully saturated rings. The van der Waals surface area contributed by atoms with Crippen molar-refractivity contribution in [2.24, 2.45) is 0 Å². The van der Waals surface area contributed by atoms with E-state index in [0.717, 1.165) is 0 Å². The summed E-state index contributed by atoms with van der Waals surface area (Å²) in [5.41, 5.74) is 0.240. The van der Waals surface area contributed by atoms with Gasteiger partial charge in [0.1, 0.15) is 11.4 Å². The molecule has 118 valence electrons. The molecule has 0 saturated carbocycles. The largest absolute Gasteiger partial charge is 0.444 e. The average molecular weight is 305 g/mol. The number of nitrogens with zero attached hydrogens (tertiary/aromatic N) is 3. The normalized spacial score (nSPS) is 15.4. The van der Waals surface area contributed by atoms with Gasteiger partial charge in [-0.3, -0.25) is 0 Å². The van der Waals surface area contributed by atoms with Crippen LogP contribution < -0.4 is 4.90 Å². The van der Waals surface area contributed by atoms with Crippen molar-refractivity contribution in [2.75, 3.05) is 31.1 Å². The van der Waals surface area contributed by atoms with Gasteiger partial charge in [0, 0.05) is 26.2 Å². The lowest BCUT2D eigenvalue weighted by molar-refractivity contribution is 0.0240. The van der Waals surface area contributed by atoms with Crippen molar-refractivity contribution in [1.82, 2.24) is 4.90 Å². The first-order valence-electron chi connectivity index (χ1n) is 7.23. The van der Waals surface area contributed by atoms with E-state index >= 15 is 0 Å². The van der Waals surface area contributed by atoms with E-state index in [1.165, 1.54) is 6.07 Å². The molecule has 1 aliphatic rings. The Hall–Kier alpha value is -2.29. The minimum Gasteiger partial charge on any atom is -0.444 e. The van der Waals surface area contributed by atoms with E-state index in [4.69, 9.17) is 10.00 Å². The Bertz CT molecular complexity index is 596. The molecule has 1 aromatic rings. The van der Waals surface area contributed by atoms with E-state index in [2.05, 4.69) is 0 Å². The molecule has 2 rings (SSSR count). The van der Waals surface area contributed by atoms with E-state index in [0.29, 0.717) is 37.4 Å². The van der Waals surface area contributed by atoms with Gasteiger partial charge in [-0.25, -0.2) is 9.18 Å². The van der Waals surface area contributed by atoms with Gasteiger partial charge in [0.2, 0.25) is 0 Å². The van der Waals surface area contributed by atoms with Crippen molar-refractivity contribution in [3.63, 3.8) is 0 Å². The zero-order valence-electron chi connectivity index (χ0n) is 13.1. The Kier molecular flexibility index (Phi) is 4.55. The third kappa shape index (κ3) is 3.88. The number of ether oxygens (including phenoxy) is 1. The summed E-state index contributed by atoms with van der Waals surface area (Å²) in [4.78, 5) is 15.5. The van der Waals surface area contributed by atoms with Gasteiger partial charge >= 0.3 is 6.09 Å². The number of hydrogen-bond acceptors (Lipinski definition) is 4. The molecule has 0 aliphatic carbocycles. The third-order valence-electron chi connectivity index (χ3n) is 3.35. The Morgan fingerprint density at radius 1 is 1.27 bits per heavy atom. The van der Waals surface area contributed by atoms with E-state index in [1.54, 1.807) is 17.0 Å². The molecule has 1 aromatic carbocycles. The lowest BCUT2D eigenvalue weighted by Gasteiger charge is -2.36. The molecule has 1 amide bonds. The zero-order chi connectivity index (χ0) is 16.3. The first-order valence-corrected chi connectivity index (χ1v) is 7.23. The van der Waals surface area contributed by atoms with Crippen LogP contribution in [0.5, 0.6) is 0 Å². The Labute approximate surface area is 129 Å². The molecule has 0 radical (unpaired) electrons. The lowest BCUT2D eigenvalue weighted by atomic mass is 10.2. The standard InChI is InChI=1S/C16H20FN3O2/c1-16(2,3)22-15(21)20-8-6-19(7-9-20)14-5-4-12(11-18)10-13(14)17/h4-5,10H,6-9H2,1-3H3. The number of anilines is 1. The molecule has 0 atom stereocenters. The van der Waals surface area contributed by atoms with Crippen LogP contribution in [0.2, 0.25) is 0 Å². The van der Waals surface area contributed by atoms with Gasteiger partial charge in [0.25, 0.3) is 0 Å². The van der Waals surface area contributed by atoms with Crippen molar-refractivity contribution in [2.45, 2.75) is 26.4 Å². The van der Waals surface area contributed by atoms with Crippen molar-refractivity contribution < 1.29 is 13.9 Å². The summed E-state index contributed by atoms with van der Waals surface area (Å²) in [6.45, 7) is 7.50. The number of halogens is 1. The monoisotopic (exact) mass is 305 g/mol. The predicted molar refractivity (Wildman–Crippen MR) is 81.1 cm³/mol. The predicted octanol–water partition coefficient (Wildman–Crippen LogP) is 2.75. The molecule has 6 heteroatoms. The maximum absolute atomic E-state index is 14.0. The molecule has 5 nitrogen and oxygen atoms in total. The van der Waals surface area contributed by atoms with Crippen LogP contribution >= 0.6 is 0 Å². The number of piperazine rings is 1. The highest BCUT2D eigenvalue weighted by atomic mass is 19.1. The van der Waals surface area contributed by atoms with Crippen LogP contribution in [0.4, 0.5) is 14.9 Å². The summed E-state index contributed by atoms with van der Waals surface area (Å²) in [6, 6.07) is 6.35. The Morgan fingerprint density at radius 2 is 1.91 bits per heavy atom. The average Bonchev–Trinajstić information content (AvgIpc) is 2.45. The van der Waals surface area contributed by atoms with E-state index in [1.807, 2.05) is 31.7 Å². The molecule has 0 spiro atoms. The molecule has 0 bridgehead atoms. The van der Waals surface area contributed by atoms with Gasteiger partial charge in [-0.2, -0.15) is 5.26 Å². The van der Waals surface area contributed by atoms with Gasteiger partial charge in [-0.05, 0) is 39.0 Å². The maximum atomic E-state index is 14.0. The van der Waals surface area contributed by atoms with Gasteiger partial charge in [-0.1, -0.05) is 0 Å². The number of amides is 1. The van der Waals surface area contributed by atoms with Crippen LogP contribution in [0.15, 0.2) is 18.2 Å². The SMILES string of the molecule is CC(C)(C)OC(=O)N1CCN(c2ccc(C#N)cc2F)CC1. The van der Waals surface area contributed by atoms with Crippen molar-refractivity contribution in [3.05, 3.63) is 29.6 Å². The minimum absolute atomic E-state index is 0.300. The highest BCUT2D eigenvalue weighted by Gasteiger charge is 2.26. The van der Waals surface area contributed by atoms with Crippen LogP contribution in [0.3, 0.4) is 0 Å². The topological polar surface area (TPSA) is 56.6 Å². The molecular formula is C16H20FN3O2. The summed E-state index contributed by atoms with van der Waals surface area (Å²) >= 11 is 0. The summed E-state index contributed by atoms with van der Waals surface area (Å²) in [7, 11) is 0. The number of hydrogen-bond donors (Lipinski definition) is 0. The van der Waals surface area contributed by atoms with E-state index in [-0.39, 0.29) is 6.09 Å². The molecular weight excluding hydrogens is 285 g/mol. The number of nitriles is 1. The lowest BCUT2D eigenvalue weighted by Crippen LogP contribution is -2.50. The van der Waals surface area contributed by atoms with Gasteiger partial charge in [0.15, 0.2) is 0 Å². The summed E-state index contributed by atoms with van der Waals surface area (Å²) < 4.78 is 19.3. The molecule has 0 N–H and O–H groups in total. The molecule has 22 heavy (non-hydrogen) atoms. The Morgan fingerprint density at radius 3 is 2.41 bits per heavy atom. The number of rotatable bonds is 1. The van der Waals surface area contributed by atoms with E-state index < -0.39 is 11.4 Å². The number of carbonyl (C=O) groups excluding carboxylic acids is 1. The molecule has 0 aromatic heterocycles. The minimum atomic E-state index is -0.520. The first kappa shape index (κ1) is 16.1. The van der Waals surface area contributed by atoms with Gasteiger partial charge in [-0.15, -0.1) is 0 Å². The van der Waals surface area contributed by atoms with Crippen LogP contribution in [0.25, 0.3) is 0 Å². The second-order valence-corrected chi connectivity index (χ2v) is 6.23. The quantitative estimate of drug-likeness (QED) is 0.800. The first-order chi connectivity index (χ1) is 10.3. The third-order valence-corrected chi connectivity index (χ3v) is 3.35. The van der Waals surface area contributed by atoms with Crippen molar-refractivity contribution >= 4 is 11.8 Å². The highest BCUT2D eigenvalue weighted by Crippen LogP contribution is 2.22. The fraction of sp³-hybridized carbons (Fsp3) is 0.500. The fourth-order valence-corrected chi connectivity index (χ4v) is 2.29. The molecule has 1 heterocycles.